The molecule has 0 saturated heterocycles. The van der Waals surface area contributed by atoms with Crippen molar-refractivity contribution in [1.82, 2.24) is 14.9 Å². The van der Waals surface area contributed by atoms with E-state index in [-0.39, 0.29) is 29.2 Å². The topological polar surface area (TPSA) is 114 Å². The van der Waals surface area contributed by atoms with Crippen molar-refractivity contribution < 1.29 is 17.7 Å². The number of carbonyl (C=O) groups excluding carboxylic acids is 1. The molecule has 8 nitrogen and oxygen atoms in total. The van der Waals surface area contributed by atoms with E-state index < -0.39 is 10.0 Å². The van der Waals surface area contributed by atoms with Crippen LogP contribution in [0.2, 0.25) is 5.02 Å². The number of aromatic nitrogens is 2. The highest BCUT2D eigenvalue weighted by Crippen LogP contribution is 2.29. The molecular weight excluding hydrogens is 460 g/mol. The molecule has 0 aliphatic heterocycles. The Balaban J connectivity index is 1.76. The molecular formula is C20H21ClN4O4S2. The zero-order valence-electron chi connectivity index (χ0n) is 17.0. The second kappa shape index (κ2) is 9.82. The third-order valence-electron chi connectivity index (χ3n) is 4.23. The van der Waals surface area contributed by atoms with Crippen LogP contribution in [0.15, 0.2) is 56.8 Å². The van der Waals surface area contributed by atoms with Crippen LogP contribution < -0.4 is 10.0 Å². The third-order valence-corrected chi connectivity index (χ3v) is 6.66. The average molecular weight is 481 g/mol. The third kappa shape index (κ3) is 5.85. The van der Waals surface area contributed by atoms with Crippen molar-refractivity contribution in [2.75, 3.05) is 11.6 Å². The van der Waals surface area contributed by atoms with Crippen LogP contribution in [0.3, 0.4) is 0 Å². The Hall–Kier alpha value is -2.40. The molecule has 31 heavy (non-hydrogen) atoms. The first-order valence-electron chi connectivity index (χ1n) is 9.26. The van der Waals surface area contributed by atoms with E-state index in [0.29, 0.717) is 22.1 Å². The molecule has 0 spiro atoms. The van der Waals surface area contributed by atoms with Gasteiger partial charge in [0, 0.05) is 21.4 Å². The molecule has 1 amide bonds. The first-order chi connectivity index (χ1) is 14.7. The highest BCUT2D eigenvalue weighted by atomic mass is 35.5. The maximum atomic E-state index is 12.8. The second-order valence-corrected chi connectivity index (χ2v) is 9.90. The number of amides is 1. The summed E-state index contributed by atoms with van der Waals surface area (Å²) in [5.74, 6) is -0.0242. The van der Waals surface area contributed by atoms with E-state index in [1.165, 1.54) is 23.9 Å². The van der Waals surface area contributed by atoms with Crippen LogP contribution in [0.25, 0.3) is 11.4 Å². The van der Waals surface area contributed by atoms with E-state index in [1.807, 2.05) is 6.26 Å². The lowest BCUT2D eigenvalue weighted by molar-refractivity contribution is -0.118. The molecule has 2 N–H and O–H groups in total. The van der Waals surface area contributed by atoms with Gasteiger partial charge >= 0.3 is 0 Å². The quantitative estimate of drug-likeness (QED) is 0.464. The number of hydrogen-bond acceptors (Lipinski definition) is 7. The standard InChI is InChI=1S/C20H21ClN4O4S2/c1-12(2)20(26)23-16-10-15(7-8-17(16)30-3)31(27,28)22-11-18-24-19(25-29-18)13-5-4-6-14(21)9-13/h4-10,12,22H,11H2,1-3H3,(H,23,26). The zero-order chi connectivity index (χ0) is 22.6. The lowest BCUT2D eigenvalue weighted by Crippen LogP contribution is -2.24. The first kappa shape index (κ1) is 23.3. The van der Waals surface area contributed by atoms with Crippen molar-refractivity contribution in [3.63, 3.8) is 0 Å². The van der Waals surface area contributed by atoms with E-state index in [2.05, 4.69) is 20.2 Å². The molecule has 0 unspecified atom stereocenters. The Morgan fingerprint density at radius 3 is 2.68 bits per heavy atom. The molecule has 0 bridgehead atoms. The van der Waals surface area contributed by atoms with Gasteiger partial charge < -0.3 is 9.84 Å². The van der Waals surface area contributed by atoms with Crippen molar-refractivity contribution in [3.05, 3.63) is 53.4 Å². The number of rotatable bonds is 8. The van der Waals surface area contributed by atoms with E-state index in [4.69, 9.17) is 16.1 Å². The number of halogens is 1. The highest BCUT2D eigenvalue weighted by Gasteiger charge is 2.19. The summed E-state index contributed by atoms with van der Waals surface area (Å²) in [7, 11) is -3.88. The summed E-state index contributed by atoms with van der Waals surface area (Å²) in [5, 5.41) is 7.15. The number of anilines is 1. The minimum atomic E-state index is -3.88. The highest BCUT2D eigenvalue weighted by molar-refractivity contribution is 7.98. The van der Waals surface area contributed by atoms with Gasteiger partial charge in [0.05, 0.1) is 17.1 Å². The largest absolute Gasteiger partial charge is 0.338 e. The number of carbonyl (C=O) groups is 1. The van der Waals surface area contributed by atoms with Gasteiger partial charge in [0.2, 0.25) is 27.6 Å². The summed E-state index contributed by atoms with van der Waals surface area (Å²) in [6, 6.07) is 11.5. The fourth-order valence-electron chi connectivity index (χ4n) is 2.54. The van der Waals surface area contributed by atoms with Gasteiger partial charge in [-0.3, -0.25) is 4.79 Å². The summed E-state index contributed by atoms with van der Waals surface area (Å²) in [6.07, 6.45) is 1.85. The Morgan fingerprint density at radius 1 is 1.23 bits per heavy atom. The summed E-state index contributed by atoms with van der Waals surface area (Å²) in [5.41, 5.74) is 1.10. The zero-order valence-corrected chi connectivity index (χ0v) is 19.4. The normalized spacial score (nSPS) is 11.6. The van der Waals surface area contributed by atoms with Gasteiger partial charge in [-0.15, -0.1) is 11.8 Å². The van der Waals surface area contributed by atoms with Gasteiger partial charge in [0.25, 0.3) is 0 Å². The van der Waals surface area contributed by atoms with Gasteiger partial charge in [-0.1, -0.05) is 42.7 Å². The molecule has 0 fully saturated rings. The van der Waals surface area contributed by atoms with Gasteiger partial charge in [0.15, 0.2) is 0 Å². The minimum absolute atomic E-state index is 0.0129. The Bertz CT molecular complexity index is 1200. The molecule has 0 saturated carbocycles. The Labute approximate surface area is 189 Å². The van der Waals surface area contributed by atoms with E-state index >= 15 is 0 Å². The SMILES string of the molecule is CSc1ccc(S(=O)(=O)NCc2nc(-c3cccc(Cl)c3)no2)cc1NC(=O)C(C)C. The molecule has 0 radical (unpaired) electrons. The number of nitrogens with one attached hydrogen (secondary N) is 2. The molecule has 3 aromatic rings. The van der Waals surface area contributed by atoms with E-state index in [0.717, 1.165) is 4.90 Å². The van der Waals surface area contributed by atoms with Crippen LogP contribution >= 0.6 is 23.4 Å². The summed E-state index contributed by atoms with van der Waals surface area (Å²) < 4.78 is 33.1. The summed E-state index contributed by atoms with van der Waals surface area (Å²) in [6.45, 7) is 3.34. The summed E-state index contributed by atoms with van der Waals surface area (Å²) >= 11 is 7.38. The monoisotopic (exact) mass is 480 g/mol. The molecule has 3 rings (SSSR count). The van der Waals surface area contributed by atoms with Crippen LogP contribution in [0.5, 0.6) is 0 Å². The van der Waals surface area contributed by atoms with Crippen LogP contribution in [0, 0.1) is 5.92 Å². The van der Waals surface area contributed by atoms with Crippen molar-refractivity contribution in [1.29, 1.82) is 0 Å². The van der Waals surface area contributed by atoms with Gasteiger partial charge in [-0.05, 0) is 36.6 Å². The van der Waals surface area contributed by atoms with Crippen LogP contribution in [-0.2, 0) is 21.4 Å². The van der Waals surface area contributed by atoms with Crippen LogP contribution in [0.1, 0.15) is 19.7 Å². The molecule has 0 aliphatic carbocycles. The number of hydrogen-bond donors (Lipinski definition) is 2. The maximum Gasteiger partial charge on any atom is 0.242 e. The van der Waals surface area contributed by atoms with E-state index in [9.17, 15) is 13.2 Å². The molecule has 1 heterocycles. The molecule has 0 atom stereocenters. The van der Waals surface area contributed by atoms with Crippen molar-refractivity contribution in [2.45, 2.75) is 30.2 Å². The molecule has 0 aliphatic rings. The Morgan fingerprint density at radius 2 is 2.00 bits per heavy atom. The number of benzene rings is 2. The van der Waals surface area contributed by atoms with Gasteiger partial charge in [-0.25, -0.2) is 13.1 Å². The van der Waals surface area contributed by atoms with Crippen molar-refractivity contribution in [3.8, 4) is 11.4 Å². The fourth-order valence-corrected chi connectivity index (χ4v) is 4.27. The van der Waals surface area contributed by atoms with E-state index in [1.54, 1.807) is 44.2 Å². The predicted molar refractivity (Wildman–Crippen MR) is 120 cm³/mol. The number of thioether (sulfide) groups is 1. The summed E-state index contributed by atoms with van der Waals surface area (Å²) in [4.78, 5) is 17.0. The van der Waals surface area contributed by atoms with Crippen LogP contribution in [0.4, 0.5) is 5.69 Å². The molecule has 11 heteroatoms. The van der Waals surface area contributed by atoms with Crippen molar-refractivity contribution >= 4 is 45.0 Å². The predicted octanol–water partition coefficient (Wildman–Crippen LogP) is 4.18. The Kier molecular flexibility index (Phi) is 7.37. The van der Waals surface area contributed by atoms with Gasteiger partial charge in [-0.2, -0.15) is 4.98 Å². The number of nitrogens with zero attached hydrogens (tertiary/aromatic N) is 2. The smallest absolute Gasteiger partial charge is 0.242 e. The minimum Gasteiger partial charge on any atom is -0.338 e. The van der Waals surface area contributed by atoms with Crippen molar-refractivity contribution in [2.24, 2.45) is 5.92 Å². The number of sulfonamides is 1. The van der Waals surface area contributed by atoms with Gasteiger partial charge in [0.1, 0.15) is 0 Å². The molecule has 1 aromatic heterocycles. The average Bonchev–Trinajstić information content (AvgIpc) is 3.21. The second-order valence-electron chi connectivity index (χ2n) is 6.85. The fraction of sp³-hybridized carbons (Fsp3) is 0.250. The molecule has 164 valence electrons. The lowest BCUT2D eigenvalue weighted by Gasteiger charge is -2.13. The lowest BCUT2D eigenvalue weighted by atomic mass is 10.2. The maximum absolute atomic E-state index is 12.8. The first-order valence-corrected chi connectivity index (χ1v) is 12.4. The van der Waals surface area contributed by atoms with Crippen LogP contribution in [-0.4, -0.2) is 30.7 Å². The molecule has 2 aromatic carbocycles.